The van der Waals surface area contributed by atoms with Crippen LogP contribution in [-0.2, 0) is 41.6 Å². The van der Waals surface area contributed by atoms with E-state index in [1.54, 1.807) is 0 Å². The molecule has 0 spiro atoms. The Morgan fingerprint density at radius 1 is 0.484 bits per heavy atom. The summed E-state index contributed by atoms with van der Waals surface area (Å²) >= 11 is 0. The molecule has 2 N–H and O–H groups in total. The maximum Gasteiger partial charge on any atom is 0.444 e. The van der Waals surface area contributed by atoms with E-state index in [1.165, 1.54) is 59.8 Å². The number of anilines is 2. The lowest BCUT2D eigenvalue weighted by Crippen LogP contribution is -2.41. The van der Waals surface area contributed by atoms with Crippen molar-refractivity contribution >= 4 is 35.2 Å². The molecule has 4 aromatic carbocycles. The van der Waals surface area contributed by atoms with Crippen molar-refractivity contribution < 1.29 is 38.2 Å². The van der Waals surface area contributed by atoms with Crippen molar-refractivity contribution in [3.63, 3.8) is 0 Å². The van der Waals surface area contributed by atoms with Crippen LogP contribution in [0.2, 0.25) is 0 Å². The van der Waals surface area contributed by atoms with E-state index in [0.717, 1.165) is 72.5 Å². The van der Waals surface area contributed by atoms with E-state index in [-0.39, 0.29) is 13.1 Å². The summed E-state index contributed by atoms with van der Waals surface area (Å²) in [6, 6.07) is 32.2. The van der Waals surface area contributed by atoms with E-state index in [2.05, 4.69) is 44.9 Å². The van der Waals surface area contributed by atoms with E-state index < -0.39 is 11.9 Å². The molecular formula is C50H60N6O8. The van der Waals surface area contributed by atoms with Gasteiger partial charge in [0.15, 0.2) is 0 Å². The van der Waals surface area contributed by atoms with Crippen LogP contribution >= 0.6 is 0 Å². The molecule has 0 aromatic heterocycles. The first-order valence-electron chi connectivity index (χ1n) is 23.0. The number of ether oxygens (including phenoxy) is 4. The number of carbonyl (C=O) groups excluding carboxylic acids is 2. The van der Waals surface area contributed by atoms with Gasteiger partial charge < -0.3 is 39.3 Å². The summed E-state index contributed by atoms with van der Waals surface area (Å²) in [4.78, 5) is 45.5. The molecule has 0 unspecified atom stereocenters. The minimum absolute atomic E-state index is 0.288. The van der Waals surface area contributed by atoms with Crippen LogP contribution < -0.4 is 20.1 Å². The van der Waals surface area contributed by atoms with Crippen LogP contribution in [-0.4, -0.2) is 98.8 Å². The van der Waals surface area contributed by atoms with Gasteiger partial charge in [0, 0.05) is 11.4 Å². The number of carbonyl (C=O) groups is 2. The molecule has 8 rings (SSSR count). The Kier molecular flexibility index (Phi) is 16.0. The zero-order valence-electron chi connectivity index (χ0n) is 36.6. The Labute approximate surface area is 375 Å². The molecule has 2 aliphatic carbocycles. The van der Waals surface area contributed by atoms with E-state index >= 15 is 0 Å². The number of nitrogens with zero attached hydrogens (tertiary/aromatic N) is 4. The van der Waals surface area contributed by atoms with E-state index in [0.29, 0.717) is 63.6 Å². The van der Waals surface area contributed by atoms with Gasteiger partial charge in [0.05, 0.1) is 51.6 Å². The predicted octanol–water partition coefficient (Wildman–Crippen LogP) is 8.11. The summed E-state index contributed by atoms with van der Waals surface area (Å²) < 4.78 is 23.7. The Hall–Kier alpha value is -6.12. The number of hydroxylamine groups is 4. The lowest BCUT2D eigenvalue weighted by atomic mass is 9.98. The molecule has 2 heterocycles. The molecule has 14 heteroatoms. The second-order valence-corrected chi connectivity index (χ2v) is 16.6. The average Bonchev–Trinajstić information content (AvgIpc) is 3.97. The largest absolute Gasteiger partial charge is 0.491 e. The van der Waals surface area contributed by atoms with Crippen LogP contribution in [0.4, 0.5) is 11.4 Å². The summed E-state index contributed by atoms with van der Waals surface area (Å²) in [5.41, 5.74) is 6.11. The van der Waals surface area contributed by atoms with Crippen LogP contribution in [0.25, 0.3) is 0 Å². The topological polar surface area (TPSA) is 145 Å². The first-order valence-corrected chi connectivity index (χ1v) is 23.0. The smallest absolute Gasteiger partial charge is 0.444 e. The van der Waals surface area contributed by atoms with Crippen molar-refractivity contribution in [3.8, 4) is 11.5 Å². The molecule has 14 nitrogen and oxygen atoms in total. The summed E-state index contributed by atoms with van der Waals surface area (Å²) in [6.07, 6.45) is 14.6. The van der Waals surface area contributed by atoms with Crippen molar-refractivity contribution in [1.29, 1.82) is 0 Å². The van der Waals surface area contributed by atoms with Crippen LogP contribution in [0.3, 0.4) is 0 Å². The van der Waals surface area contributed by atoms with Gasteiger partial charge in [-0.3, -0.25) is 0 Å². The van der Waals surface area contributed by atoms with Crippen LogP contribution in [0.15, 0.2) is 107 Å². The van der Waals surface area contributed by atoms with E-state index in [9.17, 15) is 9.59 Å². The van der Waals surface area contributed by atoms with Crippen molar-refractivity contribution in [2.24, 2.45) is 9.98 Å². The standard InChI is InChI=1S/C50H60N6O8/c57-47(63-55-29-27-51-49(55)53-41-19-11-37(12-20-41)35-39-15-23-45(24-16-39)61-33-31-59-43-7-3-1-4-8-43)48(58)64-56-30-28-52-50(56)54-42-21-13-38(14-22-42)36-40-17-25-46(26-18-40)62-34-32-60-44-9-5-2-6-10-44/h11-26,43-44H,1-10,27-36H2,(H,51,53)(H,52,54). The summed E-state index contributed by atoms with van der Waals surface area (Å²) in [6.45, 7) is 3.68. The molecule has 338 valence electrons. The van der Waals surface area contributed by atoms with Gasteiger partial charge in [-0.05, 0) is 109 Å². The first kappa shape index (κ1) is 44.5. The highest BCUT2D eigenvalue weighted by atomic mass is 16.8. The zero-order chi connectivity index (χ0) is 43.8. The van der Waals surface area contributed by atoms with Crippen LogP contribution in [0, 0.1) is 0 Å². The van der Waals surface area contributed by atoms with Crippen LogP contribution in [0.1, 0.15) is 86.5 Å². The molecule has 4 aliphatic rings. The second kappa shape index (κ2) is 23.0. The summed E-state index contributed by atoms with van der Waals surface area (Å²) in [5, 5.41) is 8.91. The van der Waals surface area contributed by atoms with Gasteiger partial charge in [0.2, 0.25) is 11.9 Å². The maximum atomic E-state index is 12.9. The average molecular weight is 873 g/mol. The Morgan fingerprint density at radius 3 is 1.22 bits per heavy atom. The molecule has 0 bridgehead atoms. The maximum absolute atomic E-state index is 12.9. The summed E-state index contributed by atoms with van der Waals surface area (Å²) in [5.74, 6) is -0.0352. The van der Waals surface area contributed by atoms with E-state index in [4.69, 9.17) is 28.6 Å². The number of hydrogen-bond donors (Lipinski definition) is 2. The van der Waals surface area contributed by atoms with Gasteiger partial charge in [-0.15, -0.1) is 0 Å². The third kappa shape index (κ3) is 13.4. The Balaban J connectivity index is 0.727. The van der Waals surface area contributed by atoms with Gasteiger partial charge in [-0.1, -0.05) is 87.1 Å². The number of benzene rings is 4. The van der Waals surface area contributed by atoms with E-state index in [1.807, 2.05) is 72.8 Å². The SMILES string of the molecule is O=C(ON1CCN=C1Nc1ccc(Cc2ccc(OCCOC3CCCCC3)cc2)cc1)C(=O)ON1CCN=C1Nc1ccc(Cc2ccc(OCCOC3CCCCC3)cc2)cc1. The molecular weight excluding hydrogens is 813 g/mol. The van der Waals surface area contributed by atoms with Crippen LogP contribution in [0.5, 0.6) is 11.5 Å². The Bertz CT molecular complexity index is 2000. The minimum Gasteiger partial charge on any atom is -0.491 e. The fourth-order valence-corrected chi connectivity index (χ4v) is 8.28. The molecule has 64 heavy (non-hydrogen) atoms. The number of hydrogen-bond acceptors (Lipinski definition) is 14. The monoisotopic (exact) mass is 872 g/mol. The van der Waals surface area contributed by atoms with Crippen molar-refractivity contribution in [2.45, 2.75) is 89.3 Å². The molecule has 4 aromatic rings. The van der Waals surface area contributed by atoms with Gasteiger partial charge >= 0.3 is 11.9 Å². The van der Waals surface area contributed by atoms with Crippen molar-refractivity contribution in [3.05, 3.63) is 119 Å². The quantitative estimate of drug-likeness (QED) is 0.0736. The molecule has 0 atom stereocenters. The highest BCUT2D eigenvalue weighted by Crippen LogP contribution is 2.23. The third-order valence-electron chi connectivity index (χ3n) is 11.8. The summed E-state index contributed by atoms with van der Waals surface area (Å²) in [7, 11) is 0. The molecule has 2 fully saturated rings. The highest BCUT2D eigenvalue weighted by molar-refractivity contribution is 6.30. The molecule has 0 saturated heterocycles. The lowest BCUT2D eigenvalue weighted by molar-refractivity contribution is -0.198. The molecule has 2 aliphatic heterocycles. The van der Waals surface area contributed by atoms with Gasteiger partial charge in [0.1, 0.15) is 24.7 Å². The number of rotatable bonds is 18. The van der Waals surface area contributed by atoms with Gasteiger partial charge in [-0.2, -0.15) is 10.1 Å². The number of guanidine groups is 2. The number of aliphatic imine (C=N–C) groups is 2. The van der Waals surface area contributed by atoms with Gasteiger partial charge in [-0.25, -0.2) is 19.6 Å². The zero-order valence-corrected chi connectivity index (χ0v) is 36.6. The number of nitrogens with one attached hydrogen (secondary N) is 2. The third-order valence-corrected chi connectivity index (χ3v) is 11.8. The minimum atomic E-state index is -1.17. The fraction of sp³-hybridized carbons (Fsp3) is 0.440. The molecule has 0 amide bonds. The fourth-order valence-electron chi connectivity index (χ4n) is 8.28. The first-order chi connectivity index (χ1) is 31.5. The van der Waals surface area contributed by atoms with Crippen molar-refractivity contribution in [1.82, 2.24) is 10.1 Å². The second-order valence-electron chi connectivity index (χ2n) is 16.6. The van der Waals surface area contributed by atoms with Crippen molar-refractivity contribution in [2.75, 3.05) is 63.2 Å². The predicted molar refractivity (Wildman–Crippen MR) is 245 cm³/mol. The lowest BCUT2D eigenvalue weighted by Gasteiger charge is -2.22. The Morgan fingerprint density at radius 2 is 0.844 bits per heavy atom. The normalized spacial score (nSPS) is 16.8. The van der Waals surface area contributed by atoms with Gasteiger partial charge in [0.25, 0.3) is 0 Å². The highest BCUT2D eigenvalue weighted by Gasteiger charge is 2.31. The molecule has 0 radical (unpaired) electrons. The molecule has 2 saturated carbocycles.